The maximum Gasteiger partial charge on any atom is 0.312 e. The Morgan fingerprint density at radius 3 is 2.51 bits per heavy atom. The van der Waals surface area contributed by atoms with E-state index < -0.39 is 41.1 Å². The molecule has 1 spiro atoms. The van der Waals surface area contributed by atoms with Gasteiger partial charge in [-0.3, -0.25) is 14.4 Å². The zero-order chi connectivity index (χ0) is 27.7. The summed E-state index contributed by atoms with van der Waals surface area (Å²) in [5.41, 5.74) is -2.10. The lowest BCUT2D eigenvalue weighted by Crippen LogP contribution is -2.60. The van der Waals surface area contributed by atoms with Crippen LogP contribution in [0, 0.1) is 23.7 Å². The Labute approximate surface area is 222 Å². The smallest absolute Gasteiger partial charge is 0.312 e. The lowest BCUT2D eigenvalue weighted by atomic mass is 9.62. The summed E-state index contributed by atoms with van der Waals surface area (Å²) in [7, 11) is 0. The summed E-state index contributed by atoms with van der Waals surface area (Å²) < 4.78 is 12.4. The van der Waals surface area contributed by atoms with Crippen molar-refractivity contribution < 1.29 is 29.0 Å². The SMILES string of the molecule is C=CCCOC(=O)[C@H]1[C@H]2C(=O)N([C@@H](CO)C(C)C)C(C(=O)N(CC=C)C(C)CCC)C23CC(C)[C@]1(C)O3. The summed E-state index contributed by atoms with van der Waals surface area (Å²) in [6, 6.07) is -1.60. The van der Waals surface area contributed by atoms with E-state index in [0.717, 1.165) is 12.8 Å². The van der Waals surface area contributed by atoms with Crippen LogP contribution in [-0.4, -0.2) is 81.8 Å². The molecule has 1 N–H and O–H groups in total. The van der Waals surface area contributed by atoms with Gasteiger partial charge in [0.25, 0.3) is 0 Å². The summed E-state index contributed by atoms with van der Waals surface area (Å²) >= 11 is 0. The van der Waals surface area contributed by atoms with E-state index in [4.69, 9.17) is 9.47 Å². The number of likely N-dealkylation sites (tertiary alicyclic amines) is 1. The molecule has 0 aromatic rings. The van der Waals surface area contributed by atoms with E-state index in [9.17, 15) is 19.5 Å². The van der Waals surface area contributed by atoms with Crippen LogP contribution in [0.4, 0.5) is 0 Å². The van der Waals surface area contributed by atoms with Crippen LogP contribution in [0.2, 0.25) is 0 Å². The van der Waals surface area contributed by atoms with E-state index in [1.165, 1.54) is 0 Å². The number of aliphatic hydroxyl groups excluding tert-OH is 1. The van der Waals surface area contributed by atoms with Gasteiger partial charge in [0, 0.05) is 12.6 Å². The first-order chi connectivity index (χ1) is 17.5. The molecular formula is C29H46N2O6. The van der Waals surface area contributed by atoms with Crippen LogP contribution in [0.25, 0.3) is 0 Å². The highest BCUT2D eigenvalue weighted by Crippen LogP contribution is 2.65. The molecule has 3 saturated heterocycles. The minimum absolute atomic E-state index is 0.0687. The van der Waals surface area contributed by atoms with Crippen LogP contribution in [-0.2, 0) is 23.9 Å². The minimum Gasteiger partial charge on any atom is -0.465 e. The number of nitrogens with zero attached hydrogens (tertiary/aromatic N) is 2. The van der Waals surface area contributed by atoms with Crippen LogP contribution >= 0.6 is 0 Å². The monoisotopic (exact) mass is 518 g/mol. The maximum absolute atomic E-state index is 14.5. The fourth-order valence-corrected chi connectivity index (χ4v) is 6.98. The van der Waals surface area contributed by atoms with Gasteiger partial charge in [-0.1, -0.05) is 46.3 Å². The largest absolute Gasteiger partial charge is 0.465 e. The standard InChI is InChI=1S/C29H46N2O6/c1-9-12-15-36-27(35)23-22-25(33)31(21(17-32)18(4)5)24(29(22)16-19(6)28(23,8)37-29)26(34)30(14-11-3)20(7)13-10-2/h9,11,18-24,32H,1,3,10,12-17H2,2,4-8H3/t19?,20?,21-,22-,23+,24?,28-,29?/m0/s1. The Bertz CT molecular complexity index is 905. The number of rotatable bonds is 13. The number of amides is 2. The zero-order valence-corrected chi connectivity index (χ0v) is 23.4. The molecule has 8 atom stereocenters. The van der Waals surface area contributed by atoms with E-state index in [1.54, 1.807) is 22.0 Å². The molecule has 0 radical (unpaired) electrons. The molecule has 4 unspecified atom stereocenters. The molecule has 37 heavy (non-hydrogen) atoms. The number of carbonyl (C=O) groups excluding carboxylic acids is 3. The van der Waals surface area contributed by atoms with Crippen molar-refractivity contribution in [1.29, 1.82) is 0 Å². The van der Waals surface area contributed by atoms with Gasteiger partial charge >= 0.3 is 5.97 Å². The summed E-state index contributed by atoms with van der Waals surface area (Å²) in [5, 5.41) is 10.4. The second-order valence-corrected chi connectivity index (χ2v) is 11.6. The molecule has 3 aliphatic rings. The quantitative estimate of drug-likeness (QED) is 0.228. The topological polar surface area (TPSA) is 96.4 Å². The predicted octanol–water partition coefficient (Wildman–Crippen LogP) is 3.34. The number of esters is 1. The van der Waals surface area contributed by atoms with Crippen molar-refractivity contribution in [3.8, 4) is 0 Å². The average Bonchev–Trinajstić information content (AvgIpc) is 3.35. The molecule has 3 aliphatic heterocycles. The molecule has 3 rings (SSSR count). The van der Waals surface area contributed by atoms with E-state index in [1.807, 2.05) is 34.6 Å². The summed E-state index contributed by atoms with van der Waals surface area (Å²) in [6.07, 6.45) is 6.06. The van der Waals surface area contributed by atoms with Crippen molar-refractivity contribution in [2.45, 2.75) is 96.6 Å². The van der Waals surface area contributed by atoms with Crippen molar-refractivity contribution in [2.75, 3.05) is 19.8 Å². The predicted molar refractivity (Wildman–Crippen MR) is 141 cm³/mol. The number of hydrogen-bond donors (Lipinski definition) is 1. The van der Waals surface area contributed by atoms with E-state index >= 15 is 0 Å². The Morgan fingerprint density at radius 1 is 1.30 bits per heavy atom. The molecule has 0 aliphatic carbocycles. The average molecular weight is 519 g/mol. The zero-order valence-electron chi connectivity index (χ0n) is 23.4. The second kappa shape index (κ2) is 11.3. The molecule has 8 nitrogen and oxygen atoms in total. The highest BCUT2D eigenvalue weighted by atomic mass is 16.6. The molecule has 0 saturated carbocycles. The lowest BCUT2D eigenvalue weighted by Gasteiger charge is -2.42. The Balaban J connectivity index is 2.15. The number of carbonyl (C=O) groups is 3. The van der Waals surface area contributed by atoms with Gasteiger partial charge in [-0.15, -0.1) is 13.2 Å². The van der Waals surface area contributed by atoms with E-state index in [2.05, 4.69) is 20.1 Å². The fraction of sp³-hybridized carbons (Fsp3) is 0.759. The molecule has 2 amide bonds. The summed E-state index contributed by atoms with van der Waals surface area (Å²) in [4.78, 5) is 45.5. The first kappa shape index (κ1) is 29.4. The van der Waals surface area contributed by atoms with Gasteiger partial charge < -0.3 is 24.4 Å². The third kappa shape index (κ3) is 4.65. The Morgan fingerprint density at radius 2 is 1.97 bits per heavy atom. The lowest BCUT2D eigenvalue weighted by molar-refractivity contribution is -0.164. The van der Waals surface area contributed by atoms with Gasteiger partial charge in [0.2, 0.25) is 11.8 Å². The van der Waals surface area contributed by atoms with Crippen molar-refractivity contribution in [1.82, 2.24) is 9.80 Å². The molecule has 3 heterocycles. The number of hydrogen-bond acceptors (Lipinski definition) is 6. The highest BCUT2D eigenvalue weighted by Gasteiger charge is 2.80. The molecule has 0 aromatic heterocycles. The number of fused-ring (bicyclic) bond motifs is 1. The maximum atomic E-state index is 14.5. The van der Waals surface area contributed by atoms with Gasteiger partial charge in [-0.25, -0.2) is 0 Å². The normalized spacial score (nSPS) is 33.8. The fourth-order valence-electron chi connectivity index (χ4n) is 6.98. The van der Waals surface area contributed by atoms with Crippen LogP contribution in [0.5, 0.6) is 0 Å². The second-order valence-electron chi connectivity index (χ2n) is 11.6. The van der Waals surface area contributed by atoms with Crippen LogP contribution in [0.3, 0.4) is 0 Å². The third-order valence-corrected chi connectivity index (χ3v) is 8.97. The molecule has 8 heteroatoms. The van der Waals surface area contributed by atoms with Gasteiger partial charge in [0.1, 0.15) is 17.6 Å². The first-order valence-electron chi connectivity index (χ1n) is 13.8. The van der Waals surface area contributed by atoms with Crippen LogP contribution < -0.4 is 0 Å². The first-order valence-corrected chi connectivity index (χ1v) is 13.8. The Kier molecular flexibility index (Phi) is 8.95. The number of aliphatic hydroxyl groups is 1. The van der Waals surface area contributed by atoms with E-state index in [-0.39, 0.29) is 42.9 Å². The minimum atomic E-state index is -1.17. The van der Waals surface area contributed by atoms with E-state index in [0.29, 0.717) is 19.4 Å². The summed E-state index contributed by atoms with van der Waals surface area (Å²) in [6.45, 7) is 19.6. The third-order valence-electron chi connectivity index (χ3n) is 8.97. The molecule has 0 aromatic carbocycles. The molecular weight excluding hydrogens is 472 g/mol. The van der Waals surface area contributed by atoms with Gasteiger partial charge in [-0.05, 0) is 44.9 Å². The molecule has 3 fully saturated rings. The highest BCUT2D eigenvalue weighted by molar-refractivity contribution is 5.99. The van der Waals surface area contributed by atoms with Gasteiger partial charge in [-0.2, -0.15) is 0 Å². The molecule has 2 bridgehead atoms. The Hall–Kier alpha value is -2.19. The summed E-state index contributed by atoms with van der Waals surface area (Å²) in [5.74, 6) is -2.86. The number of ether oxygens (including phenoxy) is 2. The van der Waals surface area contributed by atoms with Crippen molar-refractivity contribution in [3.05, 3.63) is 25.3 Å². The van der Waals surface area contributed by atoms with Crippen molar-refractivity contribution in [3.63, 3.8) is 0 Å². The molecule has 208 valence electrons. The van der Waals surface area contributed by atoms with Gasteiger partial charge in [0.05, 0.1) is 30.8 Å². The van der Waals surface area contributed by atoms with Crippen molar-refractivity contribution >= 4 is 17.8 Å². The van der Waals surface area contributed by atoms with Crippen LogP contribution in [0.15, 0.2) is 25.3 Å². The van der Waals surface area contributed by atoms with Gasteiger partial charge in [0.15, 0.2) is 0 Å². The van der Waals surface area contributed by atoms with Crippen molar-refractivity contribution in [2.24, 2.45) is 23.7 Å². The van der Waals surface area contributed by atoms with Crippen LogP contribution in [0.1, 0.15) is 67.2 Å².